The number of carbonyl (C=O) groups is 1. The molecule has 0 bridgehead atoms. The lowest BCUT2D eigenvalue weighted by atomic mass is 10.1. The van der Waals surface area contributed by atoms with Crippen molar-refractivity contribution >= 4 is 5.97 Å². The molecule has 0 spiro atoms. The number of carboxylic acids is 1. The third kappa shape index (κ3) is 2.95. The quantitative estimate of drug-likeness (QED) is 0.830. The Morgan fingerprint density at radius 3 is 2.75 bits per heavy atom. The standard InChI is InChI=1S/C12H17NO3/c1-8-7-13-10(5-4-6-11(14)15)9(2)12(8)16-3/h7H,4-6H2,1-3H3,(H,14,15). The topological polar surface area (TPSA) is 59.4 Å². The van der Waals surface area contributed by atoms with E-state index in [0.717, 1.165) is 22.6 Å². The molecule has 0 saturated heterocycles. The zero-order valence-corrected chi connectivity index (χ0v) is 9.91. The summed E-state index contributed by atoms with van der Waals surface area (Å²) in [6.45, 7) is 3.90. The molecule has 0 amide bonds. The molecular formula is C12H17NO3. The lowest BCUT2D eigenvalue weighted by Gasteiger charge is -2.11. The number of aromatic nitrogens is 1. The fourth-order valence-corrected chi connectivity index (χ4v) is 1.73. The molecule has 4 heteroatoms. The van der Waals surface area contributed by atoms with Gasteiger partial charge in [-0.15, -0.1) is 0 Å². The Kier molecular flexibility index (Phi) is 4.28. The second kappa shape index (κ2) is 5.49. The van der Waals surface area contributed by atoms with Gasteiger partial charge >= 0.3 is 5.97 Å². The second-order valence-corrected chi connectivity index (χ2v) is 3.79. The Bertz CT molecular complexity index is 388. The largest absolute Gasteiger partial charge is 0.496 e. The number of rotatable bonds is 5. The molecule has 16 heavy (non-hydrogen) atoms. The van der Waals surface area contributed by atoms with Crippen LogP contribution in [0.3, 0.4) is 0 Å². The Labute approximate surface area is 95.3 Å². The summed E-state index contributed by atoms with van der Waals surface area (Å²) in [5.41, 5.74) is 2.93. The fraction of sp³-hybridized carbons (Fsp3) is 0.500. The first-order valence-electron chi connectivity index (χ1n) is 5.27. The van der Waals surface area contributed by atoms with Gasteiger partial charge in [0.2, 0.25) is 0 Å². The molecule has 0 radical (unpaired) electrons. The number of hydrogen-bond donors (Lipinski definition) is 1. The highest BCUT2D eigenvalue weighted by molar-refractivity contribution is 5.66. The van der Waals surface area contributed by atoms with Gasteiger partial charge in [-0.05, 0) is 26.7 Å². The van der Waals surface area contributed by atoms with Crippen molar-refractivity contribution in [3.05, 3.63) is 23.0 Å². The van der Waals surface area contributed by atoms with E-state index >= 15 is 0 Å². The highest BCUT2D eigenvalue weighted by Crippen LogP contribution is 2.24. The number of ether oxygens (including phenoxy) is 1. The summed E-state index contributed by atoms with van der Waals surface area (Å²) < 4.78 is 5.29. The average Bonchev–Trinajstić information content (AvgIpc) is 2.22. The van der Waals surface area contributed by atoms with E-state index < -0.39 is 5.97 Å². The molecule has 0 saturated carbocycles. The third-order valence-corrected chi connectivity index (χ3v) is 2.55. The molecule has 0 atom stereocenters. The summed E-state index contributed by atoms with van der Waals surface area (Å²) in [6, 6.07) is 0. The number of aliphatic carboxylic acids is 1. The first-order chi connectivity index (χ1) is 7.56. The molecule has 0 aromatic carbocycles. The Morgan fingerprint density at radius 2 is 2.19 bits per heavy atom. The van der Waals surface area contributed by atoms with Crippen LogP contribution in [0.1, 0.15) is 29.7 Å². The first-order valence-corrected chi connectivity index (χ1v) is 5.27. The lowest BCUT2D eigenvalue weighted by molar-refractivity contribution is -0.137. The zero-order chi connectivity index (χ0) is 12.1. The van der Waals surface area contributed by atoms with Crippen LogP contribution in [-0.2, 0) is 11.2 Å². The van der Waals surface area contributed by atoms with E-state index in [1.54, 1.807) is 13.3 Å². The van der Waals surface area contributed by atoms with Crippen molar-refractivity contribution in [1.82, 2.24) is 4.98 Å². The molecule has 0 aliphatic rings. The van der Waals surface area contributed by atoms with Crippen LogP contribution in [-0.4, -0.2) is 23.2 Å². The first kappa shape index (κ1) is 12.5. The van der Waals surface area contributed by atoms with Crippen LogP contribution >= 0.6 is 0 Å². The third-order valence-electron chi connectivity index (χ3n) is 2.55. The van der Waals surface area contributed by atoms with E-state index in [1.165, 1.54) is 0 Å². The number of aryl methyl sites for hydroxylation is 2. The summed E-state index contributed by atoms with van der Waals surface area (Å²) in [6.07, 6.45) is 3.23. The van der Waals surface area contributed by atoms with Crippen LogP contribution in [0.25, 0.3) is 0 Å². The van der Waals surface area contributed by atoms with Crippen molar-refractivity contribution < 1.29 is 14.6 Å². The van der Waals surface area contributed by atoms with Gasteiger partial charge in [0.25, 0.3) is 0 Å². The Morgan fingerprint density at radius 1 is 1.50 bits per heavy atom. The maximum atomic E-state index is 10.4. The molecule has 0 fully saturated rings. The van der Waals surface area contributed by atoms with E-state index in [1.807, 2.05) is 13.8 Å². The highest BCUT2D eigenvalue weighted by atomic mass is 16.5. The smallest absolute Gasteiger partial charge is 0.303 e. The van der Waals surface area contributed by atoms with Gasteiger partial charge in [0.1, 0.15) is 5.75 Å². The second-order valence-electron chi connectivity index (χ2n) is 3.79. The van der Waals surface area contributed by atoms with E-state index in [-0.39, 0.29) is 6.42 Å². The summed E-state index contributed by atoms with van der Waals surface area (Å²) in [4.78, 5) is 14.7. The maximum Gasteiger partial charge on any atom is 0.303 e. The van der Waals surface area contributed by atoms with Crippen molar-refractivity contribution in [2.45, 2.75) is 33.1 Å². The van der Waals surface area contributed by atoms with Crippen LogP contribution in [0.4, 0.5) is 0 Å². The summed E-state index contributed by atoms with van der Waals surface area (Å²) in [5.74, 6) is 0.0806. The molecule has 1 aromatic rings. The molecule has 4 nitrogen and oxygen atoms in total. The minimum atomic E-state index is -0.767. The van der Waals surface area contributed by atoms with Crippen molar-refractivity contribution in [2.75, 3.05) is 7.11 Å². The molecule has 0 aliphatic heterocycles. The molecule has 88 valence electrons. The van der Waals surface area contributed by atoms with Crippen LogP contribution in [0.15, 0.2) is 6.20 Å². The van der Waals surface area contributed by atoms with Crippen LogP contribution in [0.2, 0.25) is 0 Å². The Balaban J connectivity index is 2.77. The summed E-state index contributed by atoms with van der Waals surface area (Å²) in [5, 5.41) is 8.56. The van der Waals surface area contributed by atoms with Crippen LogP contribution in [0, 0.1) is 13.8 Å². The van der Waals surface area contributed by atoms with Gasteiger partial charge in [-0.3, -0.25) is 9.78 Å². The van der Waals surface area contributed by atoms with Crippen LogP contribution < -0.4 is 4.74 Å². The van der Waals surface area contributed by atoms with Gasteiger partial charge in [0.05, 0.1) is 7.11 Å². The van der Waals surface area contributed by atoms with E-state index in [2.05, 4.69) is 4.98 Å². The van der Waals surface area contributed by atoms with E-state index in [0.29, 0.717) is 12.8 Å². The highest BCUT2D eigenvalue weighted by Gasteiger charge is 2.09. The molecule has 0 unspecified atom stereocenters. The fourth-order valence-electron chi connectivity index (χ4n) is 1.73. The van der Waals surface area contributed by atoms with E-state index in [4.69, 9.17) is 9.84 Å². The number of pyridine rings is 1. The van der Waals surface area contributed by atoms with Crippen LogP contribution in [0.5, 0.6) is 5.75 Å². The molecule has 1 heterocycles. The van der Waals surface area contributed by atoms with Crippen molar-refractivity contribution in [3.8, 4) is 5.75 Å². The summed E-state index contributed by atoms with van der Waals surface area (Å²) in [7, 11) is 1.64. The summed E-state index contributed by atoms with van der Waals surface area (Å²) >= 11 is 0. The molecule has 1 aromatic heterocycles. The lowest BCUT2D eigenvalue weighted by Crippen LogP contribution is -2.02. The van der Waals surface area contributed by atoms with Crippen molar-refractivity contribution in [3.63, 3.8) is 0 Å². The van der Waals surface area contributed by atoms with Gasteiger partial charge in [0.15, 0.2) is 0 Å². The normalized spacial score (nSPS) is 10.2. The van der Waals surface area contributed by atoms with Gasteiger partial charge < -0.3 is 9.84 Å². The number of nitrogens with zero attached hydrogens (tertiary/aromatic N) is 1. The van der Waals surface area contributed by atoms with Crippen molar-refractivity contribution in [2.24, 2.45) is 0 Å². The minimum absolute atomic E-state index is 0.178. The average molecular weight is 223 g/mol. The maximum absolute atomic E-state index is 10.4. The number of carboxylic acid groups (broad SMARTS) is 1. The van der Waals surface area contributed by atoms with Gasteiger partial charge in [-0.2, -0.15) is 0 Å². The molecule has 1 N–H and O–H groups in total. The SMILES string of the molecule is COc1c(C)cnc(CCCC(=O)O)c1C. The predicted octanol–water partition coefficient (Wildman–Crippen LogP) is 2.11. The number of methoxy groups -OCH3 is 1. The van der Waals surface area contributed by atoms with Gasteiger partial charge in [-0.1, -0.05) is 0 Å². The monoisotopic (exact) mass is 223 g/mol. The van der Waals surface area contributed by atoms with Gasteiger partial charge in [-0.25, -0.2) is 0 Å². The van der Waals surface area contributed by atoms with Gasteiger partial charge in [0, 0.05) is 29.4 Å². The zero-order valence-electron chi connectivity index (χ0n) is 9.91. The minimum Gasteiger partial charge on any atom is -0.496 e. The Hall–Kier alpha value is -1.58. The molecule has 0 aliphatic carbocycles. The predicted molar refractivity (Wildman–Crippen MR) is 60.8 cm³/mol. The molecular weight excluding hydrogens is 206 g/mol. The van der Waals surface area contributed by atoms with E-state index in [9.17, 15) is 4.79 Å². The van der Waals surface area contributed by atoms with Crippen molar-refractivity contribution in [1.29, 1.82) is 0 Å². The molecule has 1 rings (SSSR count). The number of hydrogen-bond acceptors (Lipinski definition) is 3.